The molecule has 1 atom stereocenters. The Kier molecular flexibility index (Phi) is 4.34. The molecule has 96 valence electrons. The van der Waals surface area contributed by atoms with Gasteiger partial charge in [-0.05, 0) is 13.0 Å². The number of aryl methyl sites for hydroxylation is 1. The van der Waals surface area contributed by atoms with Crippen LogP contribution in [-0.4, -0.2) is 30.5 Å². The minimum Gasteiger partial charge on any atom is -0.380 e. The van der Waals surface area contributed by atoms with Crippen LogP contribution in [0.2, 0.25) is 0 Å². The Morgan fingerprint density at radius 3 is 2.59 bits per heavy atom. The number of hydrogen-bond acceptors (Lipinski definition) is 4. The lowest BCUT2D eigenvalue weighted by Crippen LogP contribution is -2.27. The summed E-state index contributed by atoms with van der Waals surface area (Å²) in [7, 11) is -1.33. The van der Waals surface area contributed by atoms with Gasteiger partial charge in [-0.1, -0.05) is 6.92 Å². The van der Waals surface area contributed by atoms with Gasteiger partial charge in [0.25, 0.3) is 0 Å². The standard InChI is InChI=1S/C11H18N2O3S/c1-4-17(15,16)8-9(2)12-10-5-6-11(14)13(3)7-10/h5-7,9,12H,4,8H2,1-3H3. The number of nitrogens with zero attached hydrogens (tertiary/aromatic N) is 1. The summed E-state index contributed by atoms with van der Waals surface area (Å²) >= 11 is 0. The molecular formula is C11H18N2O3S. The molecule has 0 fully saturated rings. The van der Waals surface area contributed by atoms with E-state index in [0.717, 1.165) is 5.69 Å². The van der Waals surface area contributed by atoms with Gasteiger partial charge in [0.2, 0.25) is 5.56 Å². The summed E-state index contributed by atoms with van der Waals surface area (Å²) < 4.78 is 24.3. The lowest BCUT2D eigenvalue weighted by Gasteiger charge is -2.15. The zero-order valence-electron chi connectivity index (χ0n) is 10.3. The summed E-state index contributed by atoms with van der Waals surface area (Å²) in [5.74, 6) is 0.235. The fourth-order valence-electron chi connectivity index (χ4n) is 1.50. The molecule has 5 nitrogen and oxygen atoms in total. The van der Waals surface area contributed by atoms with E-state index < -0.39 is 9.84 Å². The Bertz CT molecular complexity index is 534. The van der Waals surface area contributed by atoms with Crippen LogP contribution in [0.4, 0.5) is 5.69 Å². The molecule has 1 rings (SSSR count). The molecule has 6 heteroatoms. The van der Waals surface area contributed by atoms with Crippen molar-refractivity contribution in [2.75, 3.05) is 16.8 Å². The zero-order chi connectivity index (χ0) is 13.1. The molecule has 0 aliphatic rings. The van der Waals surface area contributed by atoms with Crippen molar-refractivity contribution in [2.24, 2.45) is 7.05 Å². The lowest BCUT2D eigenvalue weighted by atomic mass is 10.3. The highest BCUT2D eigenvalue weighted by Gasteiger charge is 2.13. The highest BCUT2D eigenvalue weighted by Crippen LogP contribution is 2.06. The maximum absolute atomic E-state index is 11.4. The quantitative estimate of drug-likeness (QED) is 0.840. The maximum atomic E-state index is 11.4. The largest absolute Gasteiger partial charge is 0.380 e. The molecule has 0 amide bonds. The highest BCUT2D eigenvalue weighted by atomic mass is 32.2. The van der Waals surface area contributed by atoms with Gasteiger partial charge in [-0.2, -0.15) is 0 Å². The Morgan fingerprint density at radius 1 is 1.41 bits per heavy atom. The topological polar surface area (TPSA) is 68.2 Å². The van der Waals surface area contributed by atoms with Crippen molar-refractivity contribution in [2.45, 2.75) is 19.9 Å². The van der Waals surface area contributed by atoms with Gasteiger partial charge in [0.05, 0.1) is 11.4 Å². The minimum absolute atomic E-state index is 0.0896. The first-order valence-electron chi connectivity index (χ1n) is 5.47. The summed E-state index contributed by atoms with van der Waals surface area (Å²) in [5.41, 5.74) is 0.648. The Balaban J connectivity index is 2.72. The predicted molar refractivity (Wildman–Crippen MR) is 69.1 cm³/mol. The summed E-state index contributed by atoms with van der Waals surface area (Å²) in [6, 6.07) is 2.92. The van der Waals surface area contributed by atoms with Crippen molar-refractivity contribution >= 4 is 15.5 Å². The van der Waals surface area contributed by atoms with E-state index in [4.69, 9.17) is 0 Å². The molecule has 1 aromatic rings. The van der Waals surface area contributed by atoms with Crippen LogP contribution in [0.5, 0.6) is 0 Å². The second kappa shape index (κ2) is 5.35. The van der Waals surface area contributed by atoms with Crippen LogP contribution in [0.1, 0.15) is 13.8 Å². The van der Waals surface area contributed by atoms with Crippen molar-refractivity contribution in [1.29, 1.82) is 0 Å². The zero-order valence-corrected chi connectivity index (χ0v) is 11.1. The summed E-state index contributed by atoms with van der Waals surface area (Å²) in [6.07, 6.45) is 1.65. The van der Waals surface area contributed by atoms with Gasteiger partial charge in [0.1, 0.15) is 0 Å². The second-order valence-corrected chi connectivity index (χ2v) is 6.51. The predicted octanol–water partition coefficient (Wildman–Crippen LogP) is 0.620. The average molecular weight is 258 g/mol. The molecule has 1 unspecified atom stereocenters. The Labute approximate surface area is 101 Å². The Hall–Kier alpha value is -1.30. The summed E-state index contributed by atoms with van der Waals surface area (Å²) in [4.78, 5) is 11.2. The van der Waals surface area contributed by atoms with E-state index in [0.29, 0.717) is 0 Å². The second-order valence-electron chi connectivity index (χ2n) is 4.11. The number of nitrogens with one attached hydrogen (secondary N) is 1. The fraction of sp³-hybridized carbons (Fsp3) is 0.545. The van der Waals surface area contributed by atoms with E-state index in [9.17, 15) is 13.2 Å². The molecular weight excluding hydrogens is 240 g/mol. The molecule has 1 aromatic heterocycles. The van der Waals surface area contributed by atoms with E-state index in [1.165, 1.54) is 10.6 Å². The molecule has 1 N–H and O–H groups in total. The molecule has 17 heavy (non-hydrogen) atoms. The minimum atomic E-state index is -2.99. The number of hydrogen-bond donors (Lipinski definition) is 1. The number of anilines is 1. The number of aromatic nitrogens is 1. The van der Waals surface area contributed by atoms with Gasteiger partial charge in [0, 0.05) is 31.1 Å². The SMILES string of the molecule is CCS(=O)(=O)CC(C)Nc1ccc(=O)n(C)c1. The number of sulfone groups is 1. The van der Waals surface area contributed by atoms with Gasteiger partial charge >= 0.3 is 0 Å². The number of pyridine rings is 1. The first kappa shape index (κ1) is 13.8. The first-order valence-corrected chi connectivity index (χ1v) is 7.30. The lowest BCUT2D eigenvalue weighted by molar-refractivity contribution is 0.593. The van der Waals surface area contributed by atoms with Gasteiger partial charge in [-0.25, -0.2) is 8.42 Å². The molecule has 0 aliphatic carbocycles. The third kappa shape index (κ3) is 4.22. The van der Waals surface area contributed by atoms with Crippen LogP contribution in [0, 0.1) is 0 Å². The molecule has 0 saturated heterocycles. The Morgan fingerprint density at radius 2 is 2.06 bits per heavy atom. The summed E-state index contributed by atoms with van der Waals surface area (Å²) in [5, 5.41) is 3.06. The number of rotatable bonds is 5. The van der Waals surface area contributed by atoms with Crippen molar-refractivity contribution in [3.05, 3.63) is 28.7 Å². The van der Waals surface area contributed by atoms with Crippen LogP contribution >= 0.6 is 0 Å². The smallest absolute Gasteiger partial charge is 0.250 e. The molecule has 0 spiro atoms. The highest BCUT2D eigenvalue weighted by molar-refractivity contribution is 7.91. The molecule has 0 aromatic carbocycles. The van der Waals surface area contributed by atoms with Crippen molar-refractivity contribution in [1.82, 2.24) is 4.57 Å². The third-order valence-corrected chi connectivity index (χ3v) is 4.33. The van der Waals surface area contributed by atoms with Gasteiger partial charge < -0.3 is 9.88 Å². The molecule has 0 saturated carbocycles. The maximum Gasteiger partial charge on any atom is 0.250 e. The van der Waals surface area contributed by atoms with Gasteiger partial charge in [-0.3, -0.25) is 4.79 Å². The first-order chi connectivity index (χ1) is 7.84. The van der Waals surface area contributed by atoms with Crippen LogP contribution < -0.4 is 10.9 Å². The third-order valence-electron chi connectivity index (χ3n) is 2.44. The molecule has 1 heterocycles. The molecule has 0 aliphatic heterocycles. The van der Waals surface area contributed by atoms with E-state index in [1.54, 1.807) is 33.2 Å². The van der Waals surface area contributed by atoms with Crippen molar-refractivity contribution in [3.8, 4) is 0 Å². The van der Waals surface area contributed by atoms with Crippen molar-refractivity contribution in [3.63, 3.8) is 0 Å². The van der Waals surface area contributed by atoms with Gasteiger partial charge in [-0.15, -0.1) is 0 Å². The van der Waals surface area contributed by atoms with E-state index in [-0.39, 0.29) is 23.1 Å². The summed E-state index contributed by atoms with van der Waals surface area (Å²) in [6.45, 7) is 3.44. The van der Waals surface area contributed by atoms with Crippen LogP contribution in [0.25, 0.3) is 0 Å². The van der Waals surface area contributed by atoms with E-state index in [2.05, 4.69) is 5.32 Å². The monoisotopic (exact) mass is 258 g/mol. The van der Waals surface area contributed by atoms with Gasteiger partial charge in [0.15, 0.2) is 9.84 Å². The molecule has 0 radical (unpaired) electrons. The van der Waals surface area contributed by atoms with Crippen molar-refractivity contribution < 1.29 is 8.42 Å². The molecule has 0 bridgehead atoms. The van der Waals surface area contributed by atoms with Crippen LogP contribution in [-0.2, 0) is 16.9 Å². The van der Waals surface area contributed by atoms with E-state index >= 15 is 0 Å². The van der Waals surface area contributed by atoms with Crippen LogP contribution in [0.15, 0.2) is 23.1 Å². The van der Waals surface area contributed by atoms with E-state index in [1.807, 2.05) is 0 Å². The fourth-order valence-corrected chi connectivity index (χ4v) is 2.59. The normalized spacial score (nSPS) is 13.4. The average Bonchev–Trinajstić information content (AvgIpc) is 2.23. The van der Waals surface area contributed by atoms with Crippen LogP contribution in [0.3, 0.4) is 0 Å².